The van der Waals surface area contributed by atoms with E-state index in [4.69, 9.17) is 18.8 Å². The number of hydrogen-bond acceptors (Lipinski definition) is 11. The van der Waals surface area contributed by atoms with Gasteiger partial charge in [0.15, 0.2) is 6.10 Å². The Morgan fingerprint density at radius 2 is 1.81 bits per heavy atom. The normalized spacial score (nSPS) is 21.1. The van der Waals surface area contributed by atoms with Gasteiger partial charge in [0.05, 0.1) is 6.61 Å². The Morgan fingerprint density at radius 3 is 2.36 bits per heavy atom. The van der Waals surface area contributed by atoms with Crippen LogP contribution in [0.15, 0.2) is 47.4 Å². The molecule has 1 aromatic carbocycles. The first-order chi connectivity index (χ1) is 21.8. The van der Waals surface area contributed by atoms with Crippen molar-refractivity contribution in [3.05, 3.63) is 53.1 Å². The summed E-state index contributed by atoms with van der Waals surface area (Å²) in [4.78, 5) is 58.9. The van der Waals surface area contributed by atoms with Crippen LogP contribution in [0, 0.1) is 5.92 Å². The molecule has 1 aliphatic rings. The van der Waals surface area contributed by atoms with E-state index in [1.54, 1.807) is 52.8 Å². The molecule has 3 unspecified atom stereocenters. The number of ether oxygens (including phenoxy) is 2. The van der Waals surface area contributed by atoms with E-state index in [-0.39, 0.29) is 11.6 Å². The first kappa shape index (κ1) is 37.5. The van der Waals surface area contributed by atoms with Crippen LogP contribution in [0.25, 0.3) is 0 Å². The van der Waals surface area contributed by atoms with Gasteiger partial charge in [0.25, 0.3) is 8.18 Å². The SMILES string of the molecule is CC(C)C(NC(=O)OC(C)(C)C)C(=O)Nc1ccn([C@@H]2O[C@H](CO[PH](=O)N(Oc3ccccc3)C(C)C(=O)O)[C@@H](O)C2(F)F)c(=O)n1. The summed E-state index contributed by atoms with van der Waals surface area (Å²) in [6.45, 7) is 8.48. The third-order valence-electron chi connectivity index (χ3n) is 6.54. The molecule has 6 atom stereocenters. The quantitative estimate of drug-likeness (QED) is 0.176. The molecule has 1 fully saturated rings. The van der Waals surface area contributed by atoms with Gasteiger partial charge in [-0.3, -0.25) is 18.7 Å². The Hall–Kier alpha value is -3.96. The number of aliphatic carboxylic acids is 1. The maximum Gasteiger partial charge on any atom is 0.408 e. The number of carboxylic acids is 1. The molecule has 47 heavy (non-hydrogen) atoms. The van der Waals surface area contributed by atoms with Crippen molar-refractivity contribution in [3.8, 4) is 5.75 Å². The Kier molecular flexibility index (Phi) is 12.2. The third kappa shape index (κ3) is 9.77. The highest BCUT2D eigenvalue weighted by Crippen LogP contribution is 2.43. The van der Waals surface area contributed by atoms with Crippen LogP contribution in [0.2, 0.25) is 0 Å². The topological polar surface area (TPSA) is 208 Å². The second kappa shape index (κ2) is 15.3. The molecule has 2 amide bonds. The van der Waals surface area contributed by atoms with Crippen LogP contribution in [0.5, 0.6) is 5.75 Å². The van der Waals surface area contributed by atoms with Crippen LogP contribution in [0.4, 0.5) is 19.4 Å². The number of hydroxylamine groups is 1. The lowest BCUT2D eigenvalue weighted by molar-refractivity contribution is -0.148. The number of anilines is 1. The van der Waals surface area contributed by atoms with Crippen LogP contribution < -0.4 is 21.2 Å². The highest BCUT2D eigenvalue weighted by Gasteiger charge is 2.60. The molecule has 1 aromatic heterocycles. The number of aliphatic hydroxyl groups excluding tert-OH is 1. The van der Waals surface area contributed by atoms with Gasteiger partial charge in [-0.05, 0) is 51.8 Å². The van der Waals surface area contributed by atoms with Crippen molar-refractivity contribution in [1.29, 1.82) is 0 Å². The van der Waals surface area contributed by atoms with Gasteiger partial charge in [-0.2, -0.15) is 13.8 Å². The number of aliphatic hydroxyl groups is 1. The van der Waals surface area contributed by atoms with Crippen molar-refractivity contribution in [2.75, 3.05) is 11.9 Å². The zero-order chi connectivity index (χ0) is 35.3. The van der Waals surface area contributed by atoms with Gasteiger partial charge in [-0.15, -0.1) is 0 Å². The number of aromatic nitrogens is 2. The molecule has 2 heterocycles. The number of alkyl carbamates (subject to hydrolysis) is 1. The lowest BCUT2D eigenvalue weighted by Gasteiger charge is -2.25. The number of benzene rings is 1. The van der Waals surface area contributed by atoms with E-state index in [2.05, 4.69) is 15.6 Å². The number of hydrogen-bond donors (Lipinski definition) is 4. The molecule has 16 nitrogen and oxygen atoms in total. The standard InChI is InChI=1S/C28H38F2N5O11P/c1-15(2)20(33-26(41)45-27(4,5)6)22(37)31-19-12-13-34(25(40)32-19)24-28(29,30)21(36)18(44-24)14-43-47(42)35(16(3)23(38)39)46-17-10-8-7-9-11-17/h7-13,15-16,18,20-21,24,36,47H,14H2,1-6H3,(H,33,41)(H,38,39)(H,31,32,37,40)/t16?,18-,20?,21-,24-/m1/s1. The fraction of sp³-hybridized carbons (Fsp3) is 0.536. The minimum atomic E-state index is -4.07. The van der Waals surface area contributed by atoms with E-state index in [9.17, 15) is 34.0 Å². The lowest BCUT2D eigenvalue weighted by Crippen LogP contribution is -2.48. The van der Waals surface area contributed by atoms with Crippen LogP contribution in [-0.2, 0) is 28.2 Å². The monoisotopic (exact) mass is 689 g/mol. The van der Waals surface area contributed by atoms with Crippen molar-refractivity contribution in [2.24, 2.45) is 5.92 Å². The molecule has 0 bridgehead atoms. The molecular formula is C28H38F2N5O11P. The molecule has 2 aromatic rings. The number of carbonyl (C=O) groups excluding carboxylic acids is 2. The Morgan fingerprint density at radius 1 is 1.17 bits per heavy atom. The lowest BCUT2D eigenvalue weighted by atomic mass is 10.0. The first-order valence-corrected chi connectivity index (χ1v) is 15.6. The molecule has 1 aliphatic heterocycles. The molecule has 3 rings (SSSR count). The summed E-state index contributed by atoms with van der Waals surface area (Å²) in [6, 6.07) is 6.16. The van der Waals surface area contributed by atoms with Gasteiger partial charge in [0.1, 0.15) is 35.4 Å². The Balaban J connectivity index is 1.71. The first-order valence-electron chi connectivity index (χ1n) is 14.3. The number of carboxylic acid groups (broad SMARTS) is 1. The smallest absolute Gasteiger partial charge is 0.408 e. The average molecular weight is 690 g/mol. The third-order valence-corrected chi connectivity index (χ3v) is 7.79. The highest BCUT2D eigenvalue weighted by atomic mass is 31.1. The largest absolute Gasteiger partial charge is 0.480 e. The van der Waals surface area contributed by atoms with E-state index in [1.807, 2.05) is 0 Å². The van der Waals surface area contributed by atoms with Crippen molar-refractivity contribution in [1.82, 2.24) is 19.7 Å². The maximum atomic E-state index is 15.1. The number of alkyl halides is 2. The number of carbonyl (C=O) groups is 3. The number of halogens is 2. The van der Waals surface area contributed by atoms with Gasteiger partial charge in [-0.25, -0.2) is 9.59 Å². The Labute approximate surface area is 268 Å². The zero-order valence-electron chi connectivity index (χ0n) is 26.4. The number of nitrogens with one attached hydrogen (secondary N) is 2. The van der Waals surface area contributed by atoms with Gasteiger partial charge in [-0.1, -0.05) is 36.9 Å². The minimum Gasteiger partial charge on any atom is -0.480 e. The molecule has 4 N–H and O–H groups in total. The van der Waals surface area contributed by atoms with E-state index < -0.39 is 86.4 Å². The zero-order valence-corrected chi connectivity index (χ0v) is 27.4. The average Bonchev–Trinajstić information content (AvgIpc) is 3.19. The molecular weight excluding hydrogens is 651 g/mol. The number of amides is 2. The van der Waals surface area contributed by atoms with Crippen LogP contribution >= 0.6 is 8.18 Å². The summed E-state index contributed by atoms with van der Waals surface area (Å²) in [5, 5.41) is 24.5. The second-order valence-electron chi connectivity index (χ2n) is 11.8. The van der Waals surface area contributed by atoms with Gasteiger partial charge >= 0.3 is 23.7 Å². The van der Waals surface area contributed by atoms with Crippen molar-refractivity contribution >= 4 is 32.0 Å². The van der Waals surface area contributed by atoms with E-state index in [1.165, 1.54) is 12.1 Å². The van der Waals surface area contributed by atoms with Crippen LogP contribution in [-0.4, -0.2) is 85.0 Å². The summed E-state index contributed by atoms with van der Waals surface area (Å²) in [5.41, 5.74) is -2.11. The summed E-state index contributed by atoms with van der Waals surface area (Å²) >= 11 is 0. The molecule has 19 heteroatoms. The van der Waals surface area contributed by atoms with Gasteiger partial charge in [0, 0.05) is 6.20 Å². The number of para-hydroxylation sites is 1. The molecule has 0 aliphatic carbocycles. The fourth-order valence-corrected chi connectivity index (χ4v) is 5.17. The summed E-state index contributed by atoms with van der Waals surface area (Å²) in [7, 11) is -3.56. The maximum absolute atomic E-state index is 15.1. The minimum absolute atomic E-state index is 0.122. The van der Waals surface area contributed by atoms with Gasteiger partial charge < -0.3 is 39.7 Å². The van der Waals surface area contributed by atoms with Crippen LogP contribution in [0.1, 0.15) is 47.8 Å². The molecule has 260 valence electrons. The molecule has 0 spiro atoms. The molecule has 1 saturated heterocycles. The summed E-state index contributed by atoms with van der Waals surface area (Å²) < 4.78 is 59.1. The Bertz CT molecular complexity index is 1510. The van der Waals surface area contributed by atoms with Crippen molar-refractivity contribution < 1.29 is 56.8 Å². The van der Waals surface area contributed by atoms with Crippen molar-refractivity contribution in [3.63, 3.8) is 0 Å². The number of nitrogens with zero attached hydrogens (tertiary/aromatic N) is 3. The van der Waals surface area contributed by atoms with Gasteiger partial charge in [0.2, 0.25) is 12.1 Å². The molecule has 0 saturated carbocycles. The van der Waals surface area contributed by atoms with Crippen molar-refractivity contribution in [2.45, 2.75) is 83.6 Å². The van der Waals surface area contributed by atoms with E-state index >= 15 is 8.78 Å². The highest BCUT2D eigenvalue weighted by molar-refractivity contribution is 7.36. The second-order valence-corrected chi connectivity index (χ2v) is 13.1. The summed E-state index contributed by atoms with van der Waals surface area (Å²) in [6.07, 6.45) is -6.74. The van der Waals surface area contributed by atoms with E-state index in [0.717, 1.165) is 19.2 Å². The molecule has 0 radical (unpaired) electrons. The van der Waals surface area contributed by atoms with Crippen LogP contribution in [0.3, 0.4) is 0 Å². The predicted octanol–water partition coefficient (Wildman–Crippen LogP) is 2.80. The summed E-state index contributed by atoms with van der Waals surface area (Å²) in [5.74, 6) is -6.87. The van der Waals surface area contributed by atoms with E-state index in [0.29, 0.717) is 9.40 Å². The predicted molar refractivity (Wildman–Crippen MR) is 161 cm³/mol. The number of rotatable bonds is 13. The fourth-order valence-electron chi connectivity index (χ4n) is 4.13.